The summed E-state index contributed by atoms with van der Waals surface area (Å²) in [5.74, 6) is -0.823. The number of hydrogen-bond acceptors (Lipinski definition) is 4. The molecule has 1 N–H and O–H groups in total. The number of pyridine rings is 2. The number of carbonyl (C=O) groups excluding carboxylic acids is 1. The van der Waals surface area contributed by atoms with Gasteiger partial charge in [0.2, 0.25) is 0 Å². The molecule has 6 heteroatoms. The van der Waals surface area contributed by atoms with Crippen molar-refractivity contribution in [3.63, 3.8) is 0 Å². The van der Waals surface area contributed by atoms with Crippen LogP contribution in [-0.2, 0) is 11.8 Å². The normalized spacial score (nSPS) is 16.6. The number of hydrogen-bond donors (Lipinski definition) is 1. The van der Waals surface area contributed by atoms with E-state index < -0.39 is 11.9 Å². The predicted molar refractivity (Wildman–Crippen MR) is 93.1 cm³/mol. The van der Waals surface area contributed by atoms with Crippen LogP contribution in [0.25, 0.3) is 10.9 Å². The largest absolute Gasteiger partial charge is 0.426 e. The molecule has 0 saturated heterocycles. The van der Waals surface area contributed by atoms with Crippen LogP contribution in [-0.4, -0.2) is 15.5 Å². The number of rotatable bonds is 1. The maximum absolute atomic E-state index is 12.8. The summed E-state index contributed by atoms with van der Waals surface area (Å²) >= 11 is 0. The van der Waals surface area contributed by atoms with Gasteiger partial charge < -0.3 is 14.3 Å². The lowest BCUT2D eigenvalue weighted by atomic mass is 9.87. The minimum Gasteiger partial charge on any atom is -0.426 e. The standard InChI is InChI=1S/C19H16N2O4/c1-10-7-15-17(19(24)21(10)2)12(9-16(22)25-15)13-8-11-5-3-4-6-14(11)20-18(13)23/h3-8,12H,9H2,1-2H3,(H,20,23)/t12-/m1/s1. The molecule has 126 valence electrons. The van der Waals surface area contributed by atoms with Gasteiger partial charge in [-0.1, -0.05) is 18.2 Å². The number of nitrogens with one attached hydrogen (secondary N) is 1. The Morgan fingerprint density at radius 3 is 2.72 bits per heavy atom. The van der Waals surface area contributed by atoms with E-state index >= 15 is 0 Å². The Morgan fingerprint density at radius 2 is 1.92 bits per heavy atom. The minimum absolute atomic E-state index is 0.0350. The van der Waals surface area contributed by atoms with Crippen LogP contribution in [0.4, 0.5) is 0 Å². The third-order valence-corrected chi connectivity index (χ3v) is 4.77. The molecule has 0 aliphatic carbocycles. The summed E-state index contributed by atoms with van der Waals surface area (Å²) in [6.45, 7) is 1.77. The summed E-state index contributed by atoms with van der Waals surface area (Å²) in [5, 5.41) is 0.849. The summed E-state index contributed by atoms with van der Waals surface area (Å²) in [6.07, 6.45) is -0.0350. The number of esters is 1. The third-order valence-electron chi connectivity index (χ3n) is 4.77. The maximum atomic E-state index is 12.8. The molecule has 3 heterocycles. The number of carbonyl (C=O) groups is 1. The average Bonchev–Trinajstić information content (AvgIpc) is 2.58. The van der Waals surface area contributed by atoms with Crippen molar-refractivity contribution in [1.82, 2.24) is 9.55 Å². The zero-order valence-corrected chi connectivity index (χ0v) is 13.8. The minimum atomic E-state index is -0.621. The first kappa shape index (κ1) is 15.4. The number of benzene rings is 1. The van der Waals surface area contributed by atoms with E-state index in [0.29, 0.717) is 22.3 Å². The second-order valence-corrected chi connectivity index (χ2v) is 6.30. The Morgan fingerprint density at radius 1 is 1.16 bits per heavy atom. The van der Waals surface area contributed by atoms with Gasteiger partial charge in [-0.2, -0.15) is 0 Å². The molecule has 0 unspecified atom stereocenters. The highest BCUT2D eigenvalue weighted by Gasteiger charge is 2.33. The van der Waals surface area contributed by atoms with Crippen LogP contribution in [0.2, 0.25) is 0 Å². The smallest absolute Gasteiger partial charge is 0.312 e. The SMILES string of the molecule is Cc1cc2c(c(=O)n1C)[C@@H](c1cc3ccccc3[nH]c1=O)CC(=O)O2. The summed E-state index contributed by atoms with van der Waals surface area (Å²) in [4.78, 5) is 40.2. The van der Waals surface area contributed by atoms with Gasteiger partial charge in [-0.15, -0.1) is 0 Å². The molecule has 1 aliphatic heterocycles. The van der Waals surface area contributed by atoms with Crippen molar-refractivity contribution >= 4 is 16.9 Å². The molecule has 6 nitrogen and oxygen atoms in total. The van der Waals surface area contributed by atoms with Gasteiger partial charge >= 0.3 is 5.97 Å². The molecule has 25 heavy (non-hydrogen) atoms. The first-order valence-corrected chi connectivity index (χ1v) is 7.99. The highest BCUT2D eigenvalue weighted by Crippen LogP contribution is 2.36. The number of aryl methyl sites for hydroxylation is 1. The van der Waals surface area contributed by atoms with E-state index in [1.165, 1.54) is 4.57 Å². The fourth-order valence-corrected chi connectivity index (χ4v) is 3.34. The number of aromatic nitrogens is 2. The van der Waals surface area contributed by atoms with Crippen molar-refractivity contribution in [3.05, 3.63) is 73.9 Å². The maximum Gasteiger partial charge on any atom is 0.312 e. The highest BCUT2D eigenvalue weighted by atomic mass is 16.5. The summed E-state index contributed by atoms with van der Waals surface area (Å²) in [7, 11) is 1.66. The molecule has 1 aliphatic rings. The van der Waals surface area contributed by atoms with Gasteiger partial charge in [0.05, 0.1) is 12.0 Å². The van der Waals surface area contributed by atoms with Gasteiger partial charge in [-0.05, 0) is 24.4 Å². The molecular weight excluding hydrogens is 320 g/mol. The number of nitrogens with zero attached hydrogens (tertiary/aromatic N) is 1. The fourth-order valence-electron chi connectivity index (χ4n) is 3.34. The summed E-state index contributed by atoms with van der Waals surface area (Å²) < 4.78 is 6.76. The topological polar surface area (TPSA) is 81.2 Å². The van der Waals surface area contributed by atoms with Crippen molar-refractivity contribution in [2.45, 2.75) is 19.3 Å². The molecule has 2 aromatic heterocycles. The van der Waals surface area contributed by atoms with Crippen LogP contribution in [0.5, 0.6) is 5.75 Å². The molecule has 0 bridgehead atoms. The molecule has 0 amide bonds. The Labute approximate surface area is 142 Å². The van der Waals surface area contributed by atoms with E-state index in [1.807, 2.05) is 24.3 Å². The molecule has 0 spiro atoms. The highest BCUT2D eigenvalue weighted by molar-refractivity contribution is 5.81. The molecule has 0 radical (unpaired) electrons. The number of aromatic amines is 1. The lowest BCUT2D eigenvalue weighted by Gasteiger charge is -2.25. The van der Waals surface area contributed by atoms with Gasteiger partial charge in [0, 0.05) is 35.8 Å². The number of para-hydroxylation sites is 1. The zero-order chi connectivity index (χ0) is 17.7. The molecule has 4 rings (SSSR count). The van der Waals surface area contributed by atoms with Crippen LogP contribution in [0.15, 0.2) is 46.0 Å². The van der Waals surface area contributed by atoms with Gasteiger partial charge in [0.1, 0.15) is 5.75 Å². The number of H-pyrrole nitrogens is 1. The lowest BCUT2D eigenvalue weighted by Crippen LogP contribution is -2.34. The van der Waals surface area contributed by atoms with Crippen LogP contribution >= 0.6 is 0 Å². The fraction of sp³-hybridized carbons (Fsp3) is 0.211. The third kappa shape index (κ3) is 2.38. The van der Waals surface area contributed by atoms with Crippen molar-refractivity contribution in [2.75, 3.05) is 0 Å². The first-order chi connectivity index (χ1) is 12.0. The number of fused-ring (bicyclic) bond motifs is 2. The molecular formula is C19H16N2O4. The van der Waals surface area contributed by atoms with Gasteiger partial charge in [-0.25, -0.2) is 0 Å². The van der Waals surface area contributed by atoms with E-state index in [0.717, 1.165) is 5.39 Å². The van der Waals surface area contributed by atoms with Crippen LogP contribution < -0.4 is 15.9 Å². The van der Waals surface area contributed by atoms with Crippen molar-refractivity contribution in [1.29, 1.82) is 0 Å². The Hall–Kier alpha value is -3.15. The zero-order valence-electron chi connectivity index (χ0n) is 13.8. The molecule has 1 atom stereocenters. The molecule has 3 aromatic rings. The Kier molecular flexibility index (Phi) is 3.35. The molecule has 1 aromatic carbocycles. The van der Waals surface area contributed by atoms with Gasteiger partial charge in [0.25, 0.3) is 11.1 Å². The van der Waals surface area contributed by atoms with E-state index in [9.17, 15) is 14.4 Å². The number of ether oxygens (including phenoxy) is 1. The summed E-state index contributed by atoms with van der Waals surface area (Å²) in [6, 6.07) is 10.8. The molecule has 0 saturated carbocycles. The van der Waals surface area contributed by atoms with Gasteiger partial charge in [-0.3, -0.25) is 14.4 Å². The van der Waals surface area contributed by atoms with Crippen molar-refractivity contribution < 1.29 is 9.53 Å². The average molecular weight is 336 g/mol. The van der Waals surface area contributed by atoms with Crippen LogP contribution in [0, 0.1) is 6.92 Å². The predicted octanol–water partition coefficient (Wildman–Crippen LogP) is 1.98. The van der Waals surface area contributed by atoms with Crippen LogP contribution in [0.3, 0.4) is 0 Å². The van der Waals surface area contributed by atoms with Gasteiger partial charge in [0.15, 0.2) is 0 Å². The second-order valence-electron chi connectivity index (χ2n) is 6.30. The second kappa shape index (κ2) is 5.44. The van der Waals surface area contributed by atoms with Crippen molar-refractivity contribution in [3.8, 4) is 5.75 Å². The van der Waals surface area contributed by atoms with Crippen molar-refractivity contribution in [2.24, 2.45) is 7.05 Å². The van der Waals surface area contributed by atoms with E-state index in [4.69, 9.17) is 4.74 Å². The first-order valence-electron chi connectivity index (χ1n) is 7.99. The summed E-state index contributed by atoms with van der Waals surface area (Å²) in [5.41, 5.74) is 1.61. The Bertz CT molecular complexity index is 1140. The Balaban J connectivity index is 2.01. The quantitative estimate of drug-likeness (QED) is 0.689. The monoisotopic (exact) mass is 336 g/mol. The van der Waals surface area contributed by atoms with E-state index in [2.05, 4.69) is 4.98 Å². The van der Waals surface area contributed by atoms with E-state index in [-0.39, 0.29) is 23.3 Å². The van der Waals surface area contributed by atoms with Crippen LogP contribution in [0.1, 0.15) is 29.2 Å². The molecule has 0 fully saturated rings. The van der Waals surface area contributed by atoms with E-state index in [1.54, 1.807) is 26.1 Å². The lowest BCUT2D eigenvalue weighted by molar-refractivity contribution is -0.135.